The number of aromatic nitrogens is 1. The van der Waals surface area contributed by atoms with Crippen LogP contribution in [-0.4, -0.2) is 45.0 Å². The molecule has 1 fully saturated rings. The van der Waals surface area contributed by atoms with Gasteiger partial charge in [0, 0.05) is 25.3 Å². The number of benzene rings is 1. The van der Waals surface area contributed by atoms with Crippen LogP contribution in [0.15, 0.2) is 29.3 Å². The Bertz CT molecular complexity index is 1120. The van der Waals surface area contributed by atoms with Gasteiger partial charge in [0.2, 0.25) is 15.9 Å². The number of hydrogen-bond acceptors (Lipinski definition) is 5. The monoisotopic (exact) mass is 484 g/mol. The molecular formula is C22H27F3N4O3S. The summed E-state index contributed by atoms with van der Waals surface area (Å²) in [6.45, 7) is 7.61. The van der Waals surface area contributed by atoms with Crippen LogP contribution in [0.5, 0.6) is 0 Å². The van der Waals surface area contributed by atoms with E-state index < -0.39 is 34.2 Å². The lowest BCUT2D eigenvalue weighted by molar-refractivity contribution is -0.137. The highest BCUT2D eigenvalue weighted by atomic mass is 32.2. The van der Waals surface area contributed by atoms with E-state index in [-0.39, 0.29) is 10.9 Å². The molecule has 1 aromatic carbocycles. The molecule has 1 aliphatic heterocycles. The molecule has 1 unspecified atom stereocenters. The van der Waals surface area contributed by atoms with Gasteiger partial charge >= 0.3 is 6.18 Å². The van der Waals surface area contributed by atoms with Crippen LogP contribution in [0.3, 0.4) is 0 Å². The zero-order chi connectivity index (χ0) is 24.6. The Labute approximate surface area is 191 Å². The van der Waals surface area contributed by atoms with Gasteiger partial charge in [-0.05, 0) is 68.5 Å². The molecule has 2 aromatic rings. The smallest absolute Gasteiger partial charge is 0.354 e. The van der Waals surface area contributed by atoms with E-state index in [9.17, 15) is 26.4 Å². The summed E-state index contributed by atoms with van der Waals surface area (Å²) in [6, 6.07) is 3.93. The molecule has 0 saturated carbocycles. The third kappa shape index (κ3) is 5.64. The van der Waals surface area contributed by atoms with Crippen LogP contribution in [0.25, 0.3) is 0 Å². The van der Waals surface area contributed by atoms with Crippen molar-refractivity contribution in [1.29, 1.82) is 0 Å². The Balaban J connectivity index is 1.58. The second kappa shape index (κ2) is 9.30. The Morgan fingerprint density at radius 3 is 2.33 bits per heavy atom. The van der Waals surface area contributed by atoms with Crippen molar-refractivity contribution in [2.45, 2.75) is 51.2 Å². The van der Waals surface area contributed by atoms with Crippen LogP contribution in [0, 0.1) is 27.7 Å². The van der Waals surface area contributed by atoms with Gasteiger partial charge in [-0.25, -0.2) is 18.1 Å². The van der Waals surface area contributed by atoms with E-state index in [2.05, 4.69) is 15.0 Å². The summed E-state index contributed by atoms with van der Waals surface area (Å²) >= 11 is 0. The molecule has 2 heterocycles. The molecule has 2 N–H and O–H groups in total. The van der Waals surface area contributed by atoms with Crippen LogP contribution in [-0.2, 0) is 21.0 Å². The molecule has 7 nitrogen and oxygen atoms in total. The minimum Gasteiger partial charge on any atom is -0.354 e. The first-order valence-electron chi connectivity index (χ1n) is 10.4. The largest absolute Gasteiger partial charge is 0.417 e. The number of pyridine rings is 1. The van der Waals surface area contributed by atoms with Crippen molar-refractivity contribution in [3.8, 4) is 0 Å². The number of carbonyl (C=O) groups is 1. The maximum Gasteiger partial charge on any atom is 0.417 e. The second-order valence-electron chi connectivity index (χ2n) is 8.32. The number of hydrogen-bond donors (Lipinski definition) is 2. The molecule has 0 aliphatic carbocycles. The number of rotatable bonds is 6. The van der Waals surface area contributed by atoms with E-state index in [0.29, 0.717) is 36.5 Å². The summed E-state index contributed by atoms with van der Waals surface area (Å²) in [5.74, 6) is -0.0910. The zero-order valence-electron chi connectivity index (χ0n) is 18.9. The molecule has 0 radical (unpaired) electrons. The summed E-state index contributed by atoms with van der Waals surface area (Å²) < 4.78 is 66.2. The molecule has 11 heteroatoms. The van der Waals surface area contributed by atoms with Gasteiger partial charge in [-0.2, -0.15) is 13.2 Å². The van der Waals surface area contributed by atoms with Gasteiger partial charge in [0.05, 0.1) is 17.0 Å². The van der Waals surface area contributed by atoms with Gasteiger partial charge < -0.3 is 10.2 Å². The van der Waals surface area contributed by atoms with Crippen LogP contribution >= 0.6 is 0 Å². The quantitative estimate of drug-likeness (QED) is 0.658. The summed E-state index contributed by atoms with van der Waals surface area (Å²) in [5, 5.41) is 2.77. The summed E-state index contributed by atoms with van der Waals surface area (Å²) in [7, 11) is -3.89. The number of halogens is 3. The Hall–Kier alpha value is -2.66. The SMILES string of the molecule is Cc1cc(C)c(C)c(S(=O)(=O)NCC(=O)NC2CCN(c3ccc(C(F)(F)F)cn3)C2)c1C. The molecule has 1 saturated heterocycles. The molecule has 180 valence electrons. The lowest BCUT2D eigenvalue weighted by Crippen LogP contribution is -2.43. The van der Waals surface area contributed by atoms with Crippen molar-refractivity contribution in [2.24, 2.45) is 0 Å². The van der Waals surface area contributed by atoms with Crippen molar-refractivity contribution in [1.82, 2.24) is 15.0 Å². The zero-order valence-corrected chi connectivity index (χ0v) is 19.7. The van der Waals surface area contributed by atoms with Gasteiger partial charge in [-0.15, -0.1) is 0 Å². The molecule has 0 spiro atoms. The highest BCUT2D eigenvalue weighted by Gasteiger charge is 2.32. The molecule has 1 atom stereocenters. The van der Waals surface area contributed by atoms with Gasteiger partial charge in [0.25, 0.3) is 0 Å². The predicted molar refractivity (Wildman–Crippen MR) is 119 cm³/mol. The molecular weight excluding hydrogens is 457 g/mol. The molecule has 3 rings (SSSR count). The topological polar surface area (TPSA) is 91.4 Å². The molecule has 0 bridgehead atoms. The predicted octanol–water partition coefficient (Wildman–Crippen LogP) is 3.01. The lowest BCUT2D eigenvalue weighted by atomic mass is 10.0. The summed E-state index contributed by atoms with van der Waals surface area (Å²) in [4.78, 5) is 18.2. The van der Waals surface area contributed by atoms with Crippen molar-refractivity contribution in [2.75, 3.05) is 24.5 Å². The van der Waals surface area contributed by atoms with Crippen LogP contribution < -0.4 is 14.9 Å². The third-order valence-corrected chi connectivity index (χ3v) is 7.62. The van der Waals surface area contributed by atoms with Gasteiger partial charge in [0.1, 0.15) is 5.82 Å². The molecule has 1 aliphatic rings. The minimum atomic E-state index is -4.45. The van der Waals surface area contributed by atoms with Crippen molar-refractivity contribution < 1.29 is 26.4 Å². The van der Waals surface area contributed by atoms with Gasteiger partial charge in [0.15, 0.2) is 0 Å². The Kier molecular flexibility index (Phi) is 7.04. The fourth-order valence-corrected chi connectivity index (χ4v) is 5.52. The number of aryl methyl sites for hydroxylation is 2. The maximum absolute atomic E-state index is 12.9. The van der Waals surface area contributed by atoms with E-state index in [1.165, 1.54) is 6.07 Å². The number of nitrogens with one attached hydrogen (secondary N) is 2. The fraction of sp³-hybridized carbons (Fsp3) is 0.455. The standard InChI is InChI=1S/C22H27F3N4O3S/c1-13-9-14(2)16(4)21(15(13)3)33(31,32)27-11-20(30)28-18-7-8-29(12-18)19-6-5-17(10-26-19)22(23,24)25/h5-6,9-10,18,27H,7-8,11-12H2,1-4H3,(H,28,30). The number of carbonyl (C=O) groups excluding carboxylic acids is 1. The molecule has 1 aromatic heterocycles. The van der Waals surface area contributed by atoms with E-state index in [1.54, 1.807) is 18.7 Å². The first-order valence-corrected chi connectivity index (χ1v) is 11.9. The van der Waals surface area contributed by atoms with Crippen LogP contribution in [0.4, 0.5) is 19.0 Å². The number of alkyl halides is 3. The molecule has 33 heavy (non-hydrogen) atoms. The van der Waals surface area contributed by atoms with Crippen molar-refractivity contribution in [3.63, 3.8) is 0 Å². The summed E-state index contributed by atoms with van der Waals surface area (Å²) in [5.41, 5.74) is 2.16. The van der Waals surface area contributed by atoms with E-state index >= 15 is 0 Å². The van der Waals surface area contributed by atoms with Crippen LogP contribution in [0.1, 0.15) is 34.2 Å². The first-order chi connectivity index (χ1) is 15.3. The average molecular weight is 485 g/mol. The third-order valence-electron chi connectivity index (χ3n) is 5.94. The van der Waals surface area contributed by atoms with Gasteiger partial charge in [-0.3, -0.25) is 4.79 Å². The number of nitrogens with zero attached hydrogens (tertiary/aromatic N) is 2. The minimum absolute atomic E-state index is 0.188. The fourth-order valence-electron chi connectivity index (χ4n) is 3.92. The van der Waals surface area contributed by atoms with E-state index in [1.807, 2.05) is 19.9 Å². The summed E-state index contributed by atoms with van der Waals surface area (Å²) in [6.07, 6.45) is -3.10. The second-order valence-corrected chi connectivity index (χ2v) is 10.0. The normalized spacial score (nSPS) is 16.8. The first kappa shape index (κ1) is 25.0. The highest BCUT2D eigenvalue weighted by molar-refractivity contribution is 7.89. The average Bonchev–Trinajstić information content (AvgIpc) is 3.19. The van der Waals surface area contributed by atoms with E-state index in [4.69, 9.17) is 0 Å². The van der Waals surface area contributed by atoms with Crippen molar-refractivity contribution >= 4 is 21.7 Å². The van der Waals surface area contributed by atoms with Gasteiger partial charge in [-0.1, -0.05) is 6.07 Å². The molecule has 1 amide bonds. The Morgan fingerprint density at radius 2 is 1.79 bits per heavy atom. The number of sulfonamides is 1. The van der Waals surface area contributed by atoms with E-state index in [0.717, 1.165) is 23.4 Å². The highest BCUT2D eigenvalue weighted by Crippen LogP contribution is 2.30. The number of anilines is 1. The Morgan fingerprint density at radius 1 is 1.15 bits per heavy atom. The maximum atomic E-state index is 12.9. The van der Waals surface area contributed by atoms with Crippen LogP contribution in [0.2, 0.25) is 0 Å². The number of amides is 1. The van der Waals surface area contributed by atoms with Crippen molar-refractivity contribution in [3.05, 3.63) is 52.2 Å². The lowest BCUT2D eigenvalue weighted by Gasteiger charge is -2.19.